The van der Waals surface area contributed by atoms with Crippen LogP contribution in [-0.2, 0) is 18.9 Å². The fraction of sp³-hybridized carbons (Fsp3) is 0.250. The third-order valence-electron chi connectivity index (χ3n) is 4.45. The van der Waals surface area contributed by atoms with Gasteiger partial charge in [0.25, 0.3) is 0 Å². The maximum Gasteiger partial charge on any atom is 0.244 e. The minimum Gasteiger partial charge on any atom is -0.496 e. The van der Waals surface area contributed by atoms with E-state index in [-0.39, 0.29) is 5.91 Å². The molecule has 1 unspecified atom stereocenters. The first-order valence-corrected chi connectivity index (χ1v) is 9.08. The zero-order valence-electron chi connectivity index (χ0n) is 16.2. The number of methoxy groups -OCH3 is 1. The highest BCUT2D eigenvalue weighted by Crippen LogP contribution is 2.29. The largest absolute Gasteiger partial charge is 0.496 e. The highest BCUT2D eigenvalue weighted by atomic mass is 35.5. The Morgan fingerprint density at radius 2 is 2.07 bits per heavy atom. The molecule has 146 valence electrons. The summed E-state index contributed by atoms with van der Waals surface area (Å²) in [7, 11) is 5.24. The number of ether oxygens (including phenoxy) is 1. The van der Waals surface area contributed by atoms with Gasteiger partial charge in [0.15, 0.2) is 0 Å². The lowest BCUT2D eigenvalue weighted by Crippen LogP contribution is -2.30. The fourth-order valence-electron chi connectivity index (χ4n) is 3.03. The Morgan fingerprint density at radius 1 is 1.32 bits per heavy atom. The Kier molecular flexibility index (Phi) is 5.84. The van der Waals surface area contributed by atoms with E-state index in [1.54, 1.807) is 31.1 Å². The van der Waals surface area contributed by atoms with Crippen molar-refractivity contribution < 1.29 is 9.53 Å². The summed E-state index contributed by atoms with van der Waals surface area (Å²) < 4.78 is 8.91. The van der Waals surface area contributed by atoms with Crippen molar-refractivity contribution in [2.75, 3.05) is 7.11 Å². The number of hydrogen-bond acceptors (Lipinski definition) is 4. The maximum absolute atomic E-state index is 12.7. The zero-order chi connectivity index (χ0) is 20.3. The smallest absolute Gasteiger partial charge is 0.244 e. The second-order valence-corrected chi connectivity index (χ2v) is 6.68. The van der Waals surface area contributed by atoms with Crippen molar-refractivity contribution in [3.8, 4) is 5.75 Å². The minimum absolute atomic E-state index is 0.279. The van der Waals surface area contributed by atoms with Gasteiger partial charge in [-0.1, -0.05) is 29.8 Å². The van der Waals surface area contributed by atoms with Crippen LogP contribution < -0.4 is 10.1 Å². The number of para-hydroxylation sites is 1. The van der Waals surface area contributed by atoms with Crippen molar-refractivity contribution in [1.82, 2.24) is 24.6 Å². The van der Waals surface area contributed by atoms with Gasteiger partial charge in [-0.15, -0.1) is 0 Å². The molecule has 0 fully saturated rings. The van der Waals surface area contributed by atoms with Crippen LogP contribution in [0.25, 0.3) is 6.08 Å². The molecule has 3 rings (SSSR count). The Hall–Kier alpha value is -3.06. The molecule has 28 heavy (non-hydrogen) atoms. The predicted octanol–water partition coefficient (Wildman–Crippen LogP) is 3.04. The molecule has 0 bridgehead atoms. The molecule has 1 amide bonds. The Bertz CT molecular complexity index is 1020. The van der Waals surface area contributed by atoms with Gasteiger partial charge in [-0.25, -0.2) is 4.98 Å². The van der Waals surface area contributed by atoms with Crippen LogP contribution in [0.3, 0.4) is 0 Å². The second kappa shape index (κ2) is 8.31. The predicted molar refractivity (Wildman–Crippen MR) is 108 cm³/mol. The average molecular weight is 400 g/mol. The summed E-state index contributed by atoms with van der Waals surface area (Å²) in [5, 5.41) is 7.73. The van der Waals surface area contributed by atoms with Crippen LogP contribution in [0.2, 0.25) is 5.15 Å². The van der Waals surface area contributed by atoms with E-state index in [1.165, 1.54) is 6.08 Å². The van der Waals surface area contributed by atoms with E-state index in [0.717, 1.165) is 11.3 Å². The molecule has 0 saturated heterocycles. The number of hydrogen-bond donors (Lipinski definition) is 1. The zero-order valence-corrected chi connectivity index (χ0v) is 16.9. The van der Waals surface area contributed by atoms with E-state index in [4.69, 9.17) is 16.3 Å². The number of imidazole rings is 1. The first kappa shape index (κ1) is 19.7. The van der Waals surface area contributed by atoms with Crippen LogP contribution in [0.15, 0.2) is 42.7 Å². The van der Waals surface area contributed by atoms with Crippen LogP contribution >= 0.6 is 11.6 Å². The molecule has 0 aliphatic rings. The number of carbonyl (C=O) groups excluding carboxylic acids is 1. The molecule has 0 aliphatic heterocycles. The number of nitrogens with zero attached hydrogens (tertiary/aromatic N) is 4. The third-order valence-corrected chi connectivity index (χ3v) is 4.90. The van der Waals surface area contributed by atoms with Crippen molar-refractivity contribution in [1.29, 1.82) is 0 Å². The van der Waals surface area contributed by atoms with Gasteiger partial charge >= 0.3 is 0 Å². The van der Waals surface area contributed by atoms with Gasteiger partial charge in [-0.05, 0) is 19.1 Å². The summed E-state index contributed by atoms with van der Waals surface area (Å²) in [5.74, 6) is 1.09. The molecule has 0 saturated carbocycles. The topological polar surface area (TPSA) is 74.0 Å². The fourth-order valence-corrected chi connectivity index (χ4v) is 3.26. The molecule has 8 heteroatoms. The van der Waals surface area contributed by atoms with Crippen molar-refractivity contribution in [2.45, 2.75) is 13.0 Å². The lowest BCUT2D eigenvalue weighted by atomic mass is 10.0. The number of benzene rings is 1. The lowest BCUT2D eigenvalue weighted by Gasteiger charge is -2.20. The molecule has 0 aliphatic carbocycles. The normalized spacial score (nSPS) is 12.3. The van der Waals surface area contributed by atoms with E-state index >= 15 is 0 Å². The summed E-state index contributed by atoms with van der Waals surface area (Å²) in [4.78, 5) is 17.1. The number of halogens is 1. The first-order valence-electron chi connectivity index (χ1n) is 8.70. The van der Waals surface area contributed by atoms with Gasteiger partial charge in [-0.3, -0.25) is 9.48 Å². The number of amides is 1. The molecule has 0 spiro atoms. The standard InChI is InChI=1S/C20H22ClN5O2/c1-13-14(19(21)26(3)24-13)9-10-17(27)23-18(20-22-11-12-25(20)2)15-7-5-6-8-16(15)28-4/h5-12,18H,1-4H3,(H,23,27)/b10-9+. The minimum atomic E-state index is -0.473. The quantitative estimate of drug-likeness (QED) is 0.646. The molecule has 1 atom stereocenters. The van der Waals surface area contributed by atoms with Crippen LogP contribution in [0.5, 0.6) is 5.75 Å². The highest BCUT2D eigenvalue weighted by Gasteiger charge is 2.23. The van der Waals surface area contributed by atoms with Crippen molar-refractivity contribution >= 4 is 23.6 Å². The Morgan fingerprint density at radius 3 is 2.68 bits per heavy atom. The van der Waals surface area contributed by atoms with Crippen LogP contribution in [0.4, 0.5) is 0 Å². The van der Waals surface area contributed by atoms with Gasteiger partial charge < -0.3 is 14.6 Å². The summed E-state index contributed by atoms with van der Waals surface area (Å²) in [6, 6.07) is 7.07. The van der Waals surface area contributed by atoms with Gasteiger partial charge in [0.1, 0.15) is 22.8 Å². The van der Waals surface area contributed by atoms with Gasteiger partial charge in [0.05, 0.1) is 12.8 Å². The molecule has 2 aromatic heterocycles. The summed E-state index contributed by atoms with van der Waals surface area (Å²) in [6.07, 6.45) is 6.63. The van der Waals surface area contributed by atoms with E-state index < -0.39 is 6.04 Å². The van der Waals surface area contributed by atoms with Crippen LogP contribution in [0.1, 0.15) is 28.7 Å². The maximum atomic E-state index is 12.7. The monoisotopic (exact) mass is 399 g/mol. The van der Waals surface area contributed by atoms with Gasteiger partial charge in [-0.2, -0.15) is 5.10 Å². The van der Waals surface area contributed by atoms with Crippen LogP contribution in [0, 0.1) is 6.92 Å². The SMILES string of the molecule is COc1ccccc1C(NC(=O)/C=C/c1c(C)nn(C)c1Cl)c1nccn1C. The Balaban J connectivity index is 1.91. The molecular formula is C20H22ClN5O2. The molecule has 2 heterocycles. The number of nitrogens with one attached hydrogen (secondary N) is 1. The van der Waals surface area contributed by atoms with Crippen molar-refractivity contribution in [3.05, 3.63) is 70.5 Å². The third kappa shape index (κ3) is 3.94. The van der Waals surface area contributed by atoms with Crippen molar-refractivity contribution in [2.24, 2.45) is 14.1 Å². The second-order valence-electron chi connectivity index (χ2n) is 6.33. The van der Waals surface area contributed by atoms with Gasteiger partial charge in [0.2, 0.25) is 5.91 Å². The summed E-state index contributed by atoms with van der Waals surface area (Å²) in [5.41, 5.74) is 2.28. The molecule has 7 nitrogen and oxygen atoms in total. The van der Waals surface area contributed by atoms with E-state index in [1.807, 2.05) is 49.0 Å². The average Bonchev–Trinajstić information content (AvgIpc) is 3.21. The number of carbonyl (C=O) groups is 1. The first-order chi connectivity index (χ1) is 13.4. The molecule has 0 radical (unpaired) electrons. The van der Waals surface area contributed by atoms with Crippen molar-refractivity contribution in [3.63, 3.8) is 0 Å². The summed E-state index contributed by atoms with van der Waals surface area (Å²) in [6.45, 7) is 1.84. The van der Waals surface area contributed by atoms with E-state index in [9.17, 15) is 4.79 Å². The van der Waals surface area contributed by atoms with Crippen LogP contribution in [-0.4, -0.2) is 32.3 Å². The van der Waals surface area contributed by atoms with E-state index in [0.29, 0.717) is 22.3 Å². The molecular weight excluding hydrogens is 378 g/mol. The highest BCUT2D eigenvalue weighted by molar-refractivity contribution is 6.31. The lowest BCUT2D eigenvalue weighted by molar-refractivity contribution is -0.117. The van der Waals surface area contributed by atoms with Gasteiger partial charge in [0, 0.05) is 43.7 Å². The Labute approximate surface area is 168 Å². The number of aromatic nitrogens is 4. The molecule has 3 aromatic rings. The summed E-state index contributed by atoms with van der Waals surface area (Å²) >= 11 is 6.23. The number of rotatable bonds is 6. The van der Waals surface area contributed by atoms with E-state index in [2.05, 4.69) is 15.4 Å². The number of aryl methyl sites for hydroxylation is 3. The molecule has 1 aromatic carbocycles. The molecule has 1 N–H and O–H groups in total.